The molecule has 5 nitrogen and oxygen atoms in total. The number of aliphatic carboxylic acids is 1. The van der Waals surface area contributed by atoms with Crippen LogP contribution in [0.4, 0.5) is 0 Å². The van der Waals surface area contributed by atoms with E-state index in [1.165, 1.54) is 76.2 Å². The van der Waals surface area contributed by atoms with Gasteiger partial charge >= 0.3 is 5.97 Å². The van der Waals surface area contributed by atoms with Gasteiger partial charge in [0.2, 0.25) is 0 Å². The second kappa shape index (κ2) is 16.3. The van der Waals surface area contributed by atoms with Crippen molar-refractivity contribution < 1.29 is 22.9 Å². The maximum atomic E-state index is 11.0. The van der Waals surface area contributed by atoms with Crippen molar-refractivity contribution in [2.24, 2.45) is 0 Å². The highest BCUT2D eigenvalue weighted by Crippen LogP contribution is 2.16. The van der Waals surface area contributed by atoms with Gasteiger partial charge in [0.1, 0.15) is 0 Å². The van der Waals surface area contributed by atoms with Crippen LogP contribution >= 0.6 is 0 Å². The zero-order valence-corrected chi connectivity index (χ0v) is 19.1. The quantitative estimate of drug-likeness (QED) is 0.191. The molecule has 1 unspecified atom stereocenters. The Morgan fingerprint density at radius 3 is 1.50 bits per heavy atom. The van der Waals surface area contributed by atoms with Crippen LogP contribution in [0.25, 0.3) is 0 Å². The van der Waals surface area contributed by atoms with Crippen LogP contribution in [0.15, 0.2) is 30.3 Å². The number of unbranched alkanes of at least 4 members (excludes halogenated alkanes) is 13. The molecule has 2 N–H and O–H groups in total. The number of aryl methyl sites for hydroxylation is 1. The summed E-state index contributed by atoms with van der Waals surface area (Å²) in [6, 6.07) is 10.7. The van der Waals surface area contributed by atoms with Gasteiger partial charge in [-0.15, -0.1) is 0 Å². The van der Waals surface area contributed by atoms with Gasteiger partial charge < -0.3 is 5.11 Å². The fourth-order valence-corrected chi connectivity index (χ4v) is 4.54. The van der Waals surface area contributed by atoms with Crippen LogP contribution in [0.5, 0.6) is 0 Å². The highest BCUT2D eigenvalue weighted by Gasteiger charge is 2.29. The lowest BCUT2D eigenvalue weighted by atomic mass is 10.0. The SMILES string of the molecule is O=C(O)C(CCCCCCCCCCCCCCCCc1ccccc1)S(=O)(=O)O. The molecule has 0 radical (unpaired) electrons. The summed E-state index contributed by atoms with van der Waals surface area (Å²) in [5.74, 6) is -1.47. The first kappa shape index (κ1) is 26.6. The lowest BCUT2D eigenvalue weighted by Gasteiger charge is -2.08. The Labute approximate surface area is 183 Å². The molecule has 1 rings (SSSR count). The summed E-state index contributed by atoms with van der Waals surface area (Å²) in [6.07, 6.45) is 17.6. The largest absolute Gasteiger partial charge is 0.480 e. The van der Waals surface area contributed by atoms with E-state index < -0.39 is 21.3 Å². The van der Waals surface area contributed by atoms with E-state index in [4.69, 9.17) is 9.66 Å². The van der Waals surface area contributed by atoms with Crippen molar-refractivity contribution in [2.75, 3.05) is 0 Å². The third-order valence-electron chi connectivity index (χ3n) is 5.66. The van der Waals surface area contributed by atoms with E-state index in [1.54, 1.807) is 0 Å². The Balaban J connectivity index is 1.82. The number of carboxylic acids is 1. The molecule has 0 saturated heterocycles. The lowest BCUT2D eigenvalue weighted by Crippen LogP contribution is -2.29. The fraction of sp³-hybridized carbons (Fsp3) is 0.708. The first-order chi connectivity index (χ1) is 14.4. The van der Waals surface area contributed by atoms with E-state index in [2.05, 4.69) is 30.3 Å². The fourth-order valence-electron chi connectivity index (χ4n) is 3.82. The van der Waals surface area contributed by atoms with Crippen molar-refractivity contribution in [3.63, 3.8) is 0 Å². The zero-order chi connectivity index (χ0) is 22.1. The molecule has 0 bridgehead atoms. The summed E-state index contributed by atoms with van der Waals surface area (Å²) in [7, 11) is -4.49. The van der Waals surface area contributed by atoms with E-state index in [1.807, 2.05) is 0 Å². The minimum atomic E-state index is -4.49. The van der Waals surface area contributed by atoms with Gasteiger partial charge in [0.25, 0.3) is 10.1 Å². The van der Waals surface area contributed by atoms with Crippen LogP contribution < -0.4 is 0 Å². The van der Waals surface area contributed by atoms with Gasteiger partial charge in [0.15, 0.2) is 5.25 Å². The average Bonchev–Trinajstić information content (AvgIpc) is 2.69. The Kier molecular flexibility index (Phi) is 14.5. The van der Waals surface area contributed by atoms with Crippen molar-refractivity contribution in [3.05, 3.63) is 35.9 Å². The Morgan fingerprint density at radius 1 is 0.700 bits per heavy atom. The molecule has 0 aliphatic carbocycles. The molecular formula is C24H40O5S. The predicted molar refractivity (Wildman–Crippen MR) is 122 cm³/mol. The molecule has 0 aliphatic rings. The van der Waals surface area contributed by atoms with Gasteiger partial charge in [-0.3, -0.25) is 9.35 Å². The molecule has 6 heteroatoms. The predicted octanol–water partition coefficient (Wildman–Crippen LogP) is 6.42. The highest BCUT2D eigenvalue weighted by atomic mass is 32.2. The first-order valence-corrected chi connectivity index (χ1v) is 13.1. The molecule has 30 heavy (non-hydrogen) atoms. The Morgan fingerprint density at radius 2 is 1.10 bits per heavy atom. The Hall–Kier alpha value is -1.40. The van der Waals surface area contributed by atoms with Crippen LogP contribution in [-0.2, 0) is 21.3 Å². The van der Waals surface area contributed by atoms with Gasteiger partial charge in [0, 0.05) is 0 Å². The number of hydrogen-bond acceptors (Lipinski definition) is 3. The summed E-state index contributed by atoms with van der Waals surface area (Å²) >= 11 is 0. The van der Waals surface area contributed by atoms with Crippen LogP contribution in [0, 0.1) is 0 Å². The molecule has 172 valence electrons. The van der Waals surface area contributed by atoms with E-state index >= 15 is 0 Å². The van der Waals surface area contributed by atoms with E-state index in [9.17, 15) is 13.2 Å². The molecule has 0 aromatic heterocycles. The molecule has 0 fully saturated rings. The molecule has 0 spiro atoms. The standard InChI is InChI=1S/C24H40O5S/c25-24(26)23(30(27,28)29)21-17-12-10-8-6-4-2-1-3-5-7-9-11-14-18-22-19-15-13-16-20-22/h13,15-16,19-20,23H,1-12,14,17-18,21H2,(H,25,26)(H,27,28,29). The van der Waals surface area contributed by atoms with Gasteiger partial charge in [-0.1, -0.05) is 114 Å². The monoisotopic (exact) mass is 440 g/mol. The first-order valence-electron chi connectivity index (χ1n) is 11.6. The average molecular weight is 441 g/mol. The van der Waals surface area contributed by atoms with Crippen LogP contribution in [0.1, 0.15) is 102 Å². The topological polar surface area (TPSA) is 91.7 Å². The van der Waals surface area contributed by atoms with Gasteiger partial charge in [-0.05, 0) is 24.8 Å². The molecule has 1 aromatic carbocycles. The molecule has 0 saturated carbocycles. The number of hydrogen-bond donors (Lipinski definition) is 2. The van der Waals surface area contributed by atoms with Crippen molar-refractivity contribution in [2.45, 2.75) is 108 Å². The summed E-state index contributed by atoms with van der Waals surface area (Å²) in [6.45, 7) is 0. The van der Waals surface area contributed by atoms with E-state index in [0.29, 0.717) is 6.42 Å². The smallest absolute Gasteiger partial charge is 0.324 e. The third kappa shape index (κ3) is 13.8. The van der Waals surface area contributed by atoms with Gasteiger partial charge in [-0.2, -0.15) is 8.42 Å². The second-order valence-corrected chi connectivity index (χ2v) is 9.91. The Bertz CT molecular complexity index is 657. The summed E-state index contributed by atoms with van der Waals surface area (Å²) in [5, 5.41) is 7.15. The van der Waals surface area contributed by atoms with Crippen molar-refractivity contribution in [1.29, 1.82) is 0 Å². The number of benzene rings is 1. The number of carbonyl (C=O) groups is 1. The normalized spacial score (nSPS) is 12.7. The third-order valence-corrected chi connectivity index (χ3v) is 6.82. The van der Waals surface area contributed by atoms with Crippen molar-refractivity contribution in [3.8, 4) is 0 Å². The van der Waals surface area contributed by atoms with Gasteiger partial charge in [0.05, 0.1) is 0 Å². The maximum absolute atomic E-state index is 11.0. The minimum absolute atomic E-state index is 0.0135. The van der Waals surface area contributed by atoms with E-state index in [-0.39, 0.29) is 6.42 Å². The van der Waals surface area contributed by atoms with E-state index in [0.717, 1.165) is 19.3 Å². The van der Waals surface area contributed by atoms with Crippen LogP contribution in [-0.4, -0.2) is 29.3 Å². The highest BCUT2D eigenvalue weighted by molar-refractivity contribution is 7.87. The molecule has 0 heterocycles. The minimum Gasteiger partial charge on any atom is -0.480 e. The summed E-state index contributed by atoms with van der Waals surface area (Å²) in [4.78, 5) is 10.8. The summed E-state index contributed by atoms with van der Waals surface area (Å²) < 4.78 is 30.9. The summed E-state index contributed by atoms with van der Waals surface area (Å²) in [5.41, 5.74) is 1.44. The lowest BCUT2D eigenvalue weighted by molar-refractivity contribution is -0.136. The van der Waals surface area contributed by atoms with Crippen LogP contribution in [0.2, 0.25) is 0 Å². The molecule has 0 aliphatic heterocycles. The molecule has 1 atom stereocenters. The van der Waals surface area contributed by atoms with Crippen molar-refractivity contribution in [1.82, 2.24) is 0 Å². The zero-order valence-electron chi connectivity index (χ0n) is 18.3. The van der Waals surface area contributed by atoms with Crippen molar-refractivity contribution >= 4 is 16.1 Å². The maximum Gasteiger partial charge on any atom is 0.324 e. The number of rotatable bonds is 19. The van der Waals surface area contributed by atoms with Crippen LogP contribution in [0.3, 0.4) is 0 Å². The second-order valence-electron chi connectivity index (χ2n) is 8.32. The van der Waals surface area contributed by atoms with Gasteiger partial charge in [-0.25, -0.2) is 0 Å². The molecular weight excluding hydrogens is 400 g/mol. The number of carboxylic acid groups (broad SMARTS) is 1. The molecule has 0 amide bonds. The molecule has 1 aromatic rings.